The molecule has 1 amide bonds. The largest absolute Gasteiger partial charge is 0.329 e. The maximum atomic E-state index is 13.5. The Morgan fingerprint density at radius 1 is 1.39 bits per heavy atom. The van der Waals surface area contributed by atoms with Gasteiger partial charge in [0.05, 0.1) is 15.6 Å². The van der Waals surface area contributed by atoms with Gasteiger partial charge in [-0.1, -0.05) is 6.42 Å². The summed E-state index contributed by atoms with van der Waals surface area (Å²) in [6.07, 6.45) is 2.36. The molecule has 0 aromatic heterocycles. The van der Waals surface area contributed by atoms with Gasteiger partial charge in [0.2, 0.25) is 5.91 Å². The van der Waals surface area contributed by atoms with E-state index >= 15 is 0 Å². The molecule has 1 aliphatic rings. The molecule has 0 spiro atoms. The van der Waals surface area contributed by atoms with Crippen molar-refractivity contribution in [2.24, 2.45) is 11.1 Å². The van der Waals surface area contributed by atoms with Gasteiger partial charge in [-0.25, -0.2) is 8.78 Å². The van der Waals surface area contributed by atoms with Gasteiger partial charge in [-0.05, 0) is 34.8 Å². The molecule has 98 valence electrons. The SMILES string of the molecule is NCC1(C(=O)Nc2cc(Br)c(F)cc2F)CCC1. The van der Waals surface area contributed by atoms with Crippen molar-refractivity contribution in [2.75, 3.05) is 11.9 Å². The van der Waals surface area contributed by atoms with Crippen LogP contribution < -0.4 is 11.1 Å². The minimum absolute atomic E-state index is 0.0343. The number of anilines is 1. The Kier molecular flexibility index (Phi) is 3.68. The predicted molar refractivity (Wildman–Crippen MR) is 68.0 cm³/mol. The maximum absolute atomic E-state index is 13.5. The lowest BCUT2D eigenvalue weighted by atomic mass is 9.68. The molecule has 3 nitrogen and oxygen atoms in total. The standard InChI is InChI=1S/C12H13BrF2N2O/c13-7-4-10(9(15)5-8(7)14)17-11(18)12(6-16)2-1-3-12/h4-5H,1-3,6,16H2,(H,17,18). The monoisotopic (exact) mass is 318 g/mol. The third kappa shape index (κ3) is 2.27. The van der Waals surface area contributed by atoms with Crippen molar-refractivity contribution in [3.63, 3.8) is 0 Å². The van der Waals surface area contributed by atoms with Crippen LogP contribution >= 0.6 is 15.9 Å². The Morgan fingerprint density at radius 3 is 2.56 bits per heavy atom. The van der Waals surface area contributed by atoms with Gasteiger partial charge >= 0.3 is 0 Å². The van der Waals surface area contributed by atoms with E-state index in [9.17, 15) is 13.6 Å². The molecule has 18 heavy (non-hydrogen) atoms. The first kappa shape index (κ1) is 13.4. The highest BCUT2D eigenvalue weighted by atomic mass is 79.9. The maximum Gasteiger partial charge on any atom is 0.231 e. The summed E-state index contributed by atoms with van der Waals surface area (Å²) in [5.74, 6) is -1.80. The van der Waals surface area contributed by atoms with Gasteiger partial charge < -0.3 is 11.1 Å². The fraction of sp³-hybridized carbons (Fsp3) is 0.417. The van der Waals surface area contributed by atoms with Crippen molar-refractivity contribution in [3.05, 3.63) is 28.2 Å². The van der Waals surface area contributed by atoms with E-state index in [0.29, 0.717) is 12.8 Å². The highest BCUT2D eigenvalue weighted by Gasteiger charge is 2.43. The number of rotatable bonds is 3. The first-order valence-corrected chi connectivity index (χ1v) is 6.44. The highest BCUT2D eigenvalue weighted by molar-refractivity contribution is 9.10. The Labute approximate surface area is 112 Å². The van der Waals surface area contributed by atoms with Gasteiger partial charge in [-0.3, -0.25) is 4.79 Å². The van der Waals surface area contributed by atoms with Gasteiger partial charge in [0.25, 0.3) is 0 Å². The minimum Gasteiger partial charge on any atom is -0.329 e. The summed E-state index contributed by atoms with van der Waals surface area (Å²) in [6.45, 7) is 0.239. The summed E-state index contributed by atoms with van der Waals surface area (Å²) >= 11 is 2.95. The van der Waals surface area contributed by atoms with E-state index in [4.69, 9.17) is 5.73 Å². The summed E-state index contributed by atoms with van der Waals surface area (Å²) in [7, 11) is 0. The van der Waals surface area contributed by atoms with Crippen LogP contribution in [0.1, 0.15) is 19.3 Å². The number of benzene rings is 1. The summed E-state index contributed by atoms with van der Waals surface area (Å²) < 4.78 is 26.7. The zero-order chi connectivity index (χ0) is 13.3. The smallest absolute Gasteiger partial charge is 0.231 e. The van der Waals surface area contributed by atoms with E-state index in [1.807, 2.05) is 0 Å². The van der Waals surface area contributed by atoms with Crippen LogP contribution in [0.5, 0.6) is 0 Å². The minimum atomic E-state index is -0.796. The second-order valence-electron chi connectivity index (χ2n) is 4.54. The number of carbonyl (C=O) groups is 1. The van der Waals surface area contributed by atoms with Crippen molar-refractivity contribution in [1.82, 2.24) is 0 Å². The number of carbonyl (C=O) groups excluding carboxylic acids is 1. The average Bonchev–Trinajstić information content (AvgIpc) is 2.25. The van der Waals surface area contributed by atoms with Crippen LogP contribution in [0.4, 0.5) is 14.5 Å². The molecule has 0 saturated heterocycles. The molecule has 1 fully saturated rings. The second-order valence-corrected chi connectivity index (χ2v) is 5.39. The van der Waals surface area contributed by atoms with Gasteiger partial charge in [0.15, 0.2) is 0 Å². The lowest BCUT2D eigenvalue weighted by Gasteiger charge is -2.39. The zero-order valence-corrected chi connectivity index (χ0v) is 11.2. The summed E-state index contributed by atoms with van der Waals surface area (Å²) in [5.41, 5.74) is 4.97. The molecule has 0 bridgehead atoms. The van der Waals surface area contributed by atoms with E-state index in [-0.39, 0.29) is 22.6 Å². The van der Waals surface area contributed by atoms with Gasteiger partial charge in [-0.2, -0.15) is 0 Å². The van der Waals surface area contributed by atoms with Gasteiger partial charge in [0, 0.05) is 12.6 Å². The fourth-order valence-corrected chi connectivity index (χ4v) is 2.34. The topological polar surface area (TPSA) is 55.1 Å². The lowest BCUT2D eigenvalue weighted by Crippen LogP contribution is -2.47. The van der Waals surface area contributed by atoms with Crippen molar-refractivity contribution >= 4 is 27.5 Å². The normalized spacial score (nSPS) is 17.1. The molecule has 2 rings (SSSR count). The molecule has 3 N–H and O–H groups in total. The van der Waals surface area contributed by atoms with Crippen LogP contribution in [-0.2, 0) is 4.79 Å². The van der Waals surface area contributed by atoms with Crippen LogP contribution in [-0.4, -0.2) is 12.5 Å². The Hall–Kier alpha value is -1.01. The van der Waals surface area contributed by atoms with E-state index in [1.165, 1.54) is 6.07 Å². The van der Waals surface area contributed by atoms with Crippen LogP contribution in [0.15, 0.2) is 16.6 Å². The van der Waals surface area contributed by atoms with Crippen molar-refractivity contribution < 1.29 is 13.6 Å². The van der Waals surface area contributed by atoms with E-state index in [1.54, 1.807) is 0 Å². The highest BCUT2D eigenvalue weighted by Crippen LogP contribution is 2.41. The molecular formula is C12H13BrF2N2O. The number of nitrogens with two attached hydrogens (primary N) is 1. The predicted octanol–water partition coefficient (Wildman–Crippen LogP) is 2.79. The second kappa shape index (κ2) is 4.93. The Balaban J connectivity index is 2.19. The third-order valence-corrected chi connectivity index (χ3v) is 4.05. The average molecular weight is 319 g/mol. The number of hydrogen-bond acceptors (Lipinski definition) is 2. The van der Waals surface area contributed by atoms with E-state index in [0.717, 1.165) is 12.5 Å². The van der Waals surface area contributed by atoms with Gasteiger partial charge in [0.1, 0.15) is 11.6 Å². The fourth-order valence-electron chi connectivity index (χ4n) is 2.00. The quantitative estimate of drug-likeness (QED) is 0.842. The Morgan fingerprint density at radius 2 is 2.06 bits per heavy atom. The van der Waals surface area contributed by atoms with Crippen LogP contribution in [0, 0.1) is 17.0 Å². The van der Waals surface area contributed by atoms with Crippen LogP contribution in [0.3, 0.4) is 0 Å². The number of amides is 1. The molecule has 0 aliphatic heterocycles. The van der Waals surface area contributed by atoms with Crippen LogP contribution in [0.2, 0.25) is 0 Å². The molecule has 1 aliphatic carbocycles. The Bertz CT molecular complexity index is 484. The molecule has 0 radical (unpaired) electrons. The summed E-state index contributed by atoms with van der Waals surface area (Å²) in [5, 5.41) is 2.48. The van der Waals surface area contributed by atoms with E-state index < -0.39 is 17.0 Å². The molecule has 0 unspecified atom stereocenters. The van der Waals surface area contributed by atoms with E-state index in [2.05, 4.69) is 21.2 Å². The molecule has 0 heterocycles. The third-order valence-electron chi connectivity index (χ3n) is 3.44. The molecular weight excluding hydrogens is 306 g/mol. The molecule has 1 aromatic carbocycles. The van der Waals surface area contributed by atoms with Crippen molar-refractivity contribution in [1.29, 1.82) is 0 Å². The molecule has 1 saturated carbocycles. The first-order valence-electron chi connectivity index (χ1n) is 5.64. The zero-order valence-electron chi connectivity index (χ0n) is 9.60. The lowest BCUT2D eigenvalue weighted by molar-refractivity contribution is -0.129. The number of halogens is 3. The number of nitrogens with one attached hydrogen (secondary N) is 1. The van der Waals surface area contributed by atoms with Crippen molar-refractivity contribution in [3.8, 4) is 0 Å². The summed E-state index contributed by atoms with van der Waals surface area (Å²) in [6, 6.07) is 1.95. The summed E-state index contributed by atoms with van der Waals surface area (Å²) in [4.78, 5) is 12.0. The van der Waals surface area contributed by atoms with Crippen molar-refractivity contribution in [2.45, 2.75) is 19.3 Å². The molecule has 6 heteroatoms. The number of hydrogen-bond donors (Lipinski definition) is 2. The first-order chi connectivity index (χ1) is 8.48. The van der Waals surface area contributed by atoms with Gasteiger partial charge in [-0.15, -0.1) is 0 Å². The molecule has 1 aromatic rings. The van der Waals surface area contributed by atoms with Crippen LogP contribution in [0.25, 0.3) is 0 Å². The molecule has 0 atom stereocenters.